The first-order valence-corrected chi connectivity index (χ1v) is 9.03. The second-order valence-electron chi connectivity index (χ2n) is 6.04. The number of hydrogen-bond donors (Lipinski definition) is 0. The Kier molecular flexibility index (Phi) is 5.11. The minimum atomic E-state index is -0.582. The van der Waals surface area contributed by atoms with Crippen molar-refractivity contribution >= 4 is 5.97 Å². The van der Waals surface area contributed by atoms with Gasteiger partial charge in [-0.2, -0.15) is 0 Å². The number of carbonyl (C=O) groups is 1. The summed E-state index contributed by atoms with van der Waals surface area (Å²) in [6, 6.07) is 16.8. The smallest absolute Gasteiger partial charge is 0.361 e. The highest BCUT2D eigenvalue weighted by Gasteiger charge is 2.27. The van der Waals surface area contributed by atoms with Crippen LogP contribution in [0, 0.1) is 0 Å². The quantitative estimate of drug-likeness (QED) is 0.435. The van der Waals surface area contributed by atoms with Gasteiger partial charge >= 0.3 is 5.97 Å². The molecular weight excluding hydrogens is 372 g/mol. The monoisotopic (exact) mass is 390 g/mol. The fraction of sp³-hybridized carbons (Fsp3) is 0.136. The Labute approximate surface area is 166 Å². The minimum Gasteiger partial charge on any atom is -0.497 e. The second kappa shape index (κ2) is 8.02. The van der Waals surface area contributed by atoms with Crippen LogP contribution in [0.2, 0.25) is 0 Å². The lowest BCUT2D eigenvalue weighted by molar-refractivity contribution is 0.0520. The molecule has 0 aliphatic heterocycles. The number of esters is 1. The van der Waals surface area contributed by atoms with Crippen molar-refractivity contribution in [1.82, 2.24) is 9.97 Å². The Morgan fingerprint density at radius 1 is 1.00 bits per heavy atom. The summed E-state index contributed by atoms with van der Waals surface area (Å²) in [7, 11) is 1.60. The molecule has 0 bridgehead atoms. The molecule has 4 aromatic rings. The van der Waals surface area contributed by atoms with Gasteiger partial charge in [0, 0.05) is 11.1 Å². The summed E-state index contributed by atoms with van der Waals surface area (Å²) in [4.78, 5) is 20.9. The van der Waals surface area contributed by atoms with Crippen molar-refractivity contribution in [3.05, 3.63) is 66.7 Å². The van der Waals surface area contributed by atoms with Crippen LogP contribution in [0.5, 0.6) is 5.75 Å². The first kappa shape index (κ1) is 18.5. The van der Waals surface area contributed by atoms with Crippen LogP contribution in [0.25, 0.3) is 34.2 Å². The van der Waals surface area contributed by atoms with Gasteiger partial charge in [-0.25, -0.2) is 14.8 Å². The van der Waals surface area contributed by atoms with Gasteiger partial charge in [-0.05, 0) is 43.3 Å². The highest BCUT2D eigenvalue weighted by atomic mass is 16.5. The second-order valence-corrected chi connectivity index (χ2v) is 6.04. The maximum atomic E-state index is 12.3. The van der Waals surface area contributed by atoms with Crippen LogP contribution in [-0.2, 0) is 4.74 Å². The van der Waals surface area contributed by atoms with E-state index in [0.717, 1.165) is 11.1 Å². The van der Waals surface area contributed by atoms with E-state index in [0.29, 0.717) is 23.1 Å². The number of benzene rings is 2. The minimum absolute atomic E-state index is 0.0505. The summed E-state index contributed by atoms with van der Waals surface area (Å²) in [6.45, 7) is 1.95. The summed E-state index contributed by atoms with van der Waals surface area (Å²) < 4.78 is 21.9. The number of nitrogens with zero attached hydrogens (tertiary/aromatic N) is 2. The molecule has 7 heteroatoms. The molecule has 0 spiro atoms. The number of methoxy groups -OCH3 is 1. The van der Waals surface area contributed by atoms with Crippen LogP contribution >= 0.6 is 0 Å². The predicted octanol–water partition coefficient (Wildman–Crippen LogP) is 4.85. The maximum absolute atomic E-state index is 12.3. The number of carbonyl (C=O) groups excluding carboxylic acids is 1. The molecule has 0 unspecified atom stereocenters. The lowest BCUT2D eigenvalue weighted by Crippen LogP contribution is -2.06. The lowest BCUT2D eigenvalue weighted by atomic mass is 10.1. The van der Waals surface area contributed by atoms with Crippen molar-refractivity contribution < 1.29 is 23.1 Å². The van der Waals surface area contributed by atoms with Gasteiger partial charge in [0.2, 0.25) is 5.89 Å². The molecule has 4 rings (SSSR count). The Bertz CT molecular complexity index is 1110. The number of aromatic nitrogens is 2. The zero-order valence-corrected chi connectivity index (χ0v) is 15.9. The number of ether oxygens (including phenoxy) is 2. The SMILES string of the molecule is CCOC(=O)c1ncoc1-c1nc(-c2ccccc2)oc1-c1ccc(OC)cc1. The highest BCUT2D eigenvalue weighted by molar-refractivity contribution is 5.95. The van der Waals surface area contributed by atoms with E-state index in [9.17, 15) is 4.79 Å². The topological polar surface area (TPSA) is 87.6 Å². The average Bonchev–Trinajstić information content (AvgIpc) is 3.42. The Morgan fingerprint density at radius 2 is 1.76 bits per heavy atom. The fourth-order valence-electron chi connectivity index (χ4n) is 2.88. The van der Waals surface area contributed by atoms with E-state index in [2.05, 4.69) is 9.97 Å². The number of rotatable bonds is 6. The van der Waals surface area contributed by atoms with Crippen LogP contribution in [0.1, 0.15) is 17.4 Å². The molecule has 0 amide bonds. The highest BCUT2D eigenvalue weighted by Crippen LogP contribution is 2.37. The van der Waals surface area contributed by atoms with Gasteiger partial charge in [0.1, 0.15) is 5.75 Å². The fourth-order valence-corrected chi connectivity index (χ4v) is 2.88. The largest absolute Gasteiger partial charge is 0.497 e. The molecule has 0 atom stereocenters. The Hall–Kier alpha value is -3.87. The Balaban J connectivity index is 1.87. The molecule has 2 aromatic carbocycles. The van der Waals surface area contributed by atoms with E-state index >= 15 is 0 Å². The van der Waals surface area contributed by atoms with Gasteiger partial charge in [-0.3, -0.25) is 0 Å². The summed E-state index contributed by atoms with van der Waals surface area (Å²) in [5.74, 6) is 1.18. The van der Waals surface area contributed by atoms with Crippen molar-refractivity contribution in [1.29, 1.82) is 0 Å². The zero-order valence-electron chi connectivity index (χ0n) is 15.9. The molecular formula is C22H18N2O5. The van der Waals surface area contributed by atoms with Crippen molar-refractivity contribution in [2.24, 2.45) is 0 Å². The molecule has 146 valence electrons. The summed E-state index contributed by atoms with van der Waals surface area (Å²) >= 11 is 0. The van der Waals surface area contributed by atoms with E-state index in [1.165, 1.54) is 6.39 Å². The molecule has 7 nitrogen and oxygen atoms in total. The van der Waals surface area contributed by atoms with Crippen molar-refractivity contribution in [3.8, 4) is 40.0 Å². The number of hydrogen-bond acceptors (Lipinski definition) is 7. The normalized spacial score (nSPS) is 10.7. The summed E-state index contributed by atoms with van der Waals surface area (Å²) in [5.41, 5.74) is 1.97. The molecule has 0 saturated carbocycles. The van der Waals surface area contributed by atoms with E-state index in [-0.39, 0.29) is 18.1 Å². The van der Waals surface area contributed by atoms with Gasteiger partial charge in [0.15, 0.2) is 29.3 Å². The van der Waals surface area contributed by atoms with E-state index in [1.807, 2.05) is 54.6 Å². The molecule has 0 aliphatic carbocycles. The van der Waals surface area contributed by atoms with Gasteiger partial charge in [-0.1, -0.05) is 18.2 Å². The summed E-state index contributed by atoms with van der Waals surface area (Å²) in [5, 5.41) is 0. The van der Waals surface area contributed by atoms with Crippen LogP contribution in [0.15, 0.2) is 69.8 Å². The van der Waals surface area contributed by atoms with Crippen molar-refractivity contribution in [2.45, 2.75) is 6.92 Å². The lowest BCUT2D eigenvalue weighted by Gasteiger charge is -2.03. The third-order valence-corrected chi connectivity index (χ3v) is 4.25. The average molecular weight is 390 g/mol. The van der Waals surface area contributed by atoms with E-state index < -0.39 is 5.97 Å². The van der Waals surface area contributed by atoms with E-state index in [1.54, 1.807) is 14.0 Å². The van der Waals surface area contributed by atoms with Gasteiger partial charge in [0.25, 0.3) is 0 Å². The molecule has 0 saturated heterocycles. The first-order valence-electron chi connectivity index (χ1n) is 9.03. The standard InChI is InChI=1S/C22H18N2O5/c1-3-27-22(25)18-20(28-13-23-18)17-19(14-9-11-16(26-2)12-10-14)29-21(24-17)15-7-5-4-6-8-15/h4-13H,3H2,1-2H3. The maximum Gasteiger partial charge on any atom is 0.361 e. The third kappa shape index (κ3) is 3.62. The van der Waals surface area contributed by atoms with Crippen molar-refractivity contribution in [2.75, 3.05) is 13.7 Å². The number of oxazole rings is 2. The molecule has 0 aliphatic rings. The molecule has 2 heterocycles. The molecule has 29 heavy (non-hydrogen) atoms. The van der Waals surface area contributed by atoms with Crippen LogP contribution in [0.3, 0.4) is 0 Å². The Morgan fingerprint density at radius 3 is 2.45 bits per heavy atom. The van der Waals surface area contributed by atoms with Crippen LogP contribution in [0.4, 0.5) is 0 Å². The van der Waals surface area contributed by atoms with Crippen molar-refractivity contribution in [3.63, 3.8) is 0 Å². The van der Waals surface area contributed by atoms with Gasteiger partial charge in [-0.15, -0.1) is 0 Å². The summed E-state index contributed by atoms with van der Waals surface area (Å²) in [6.07, 6.45) is 1.19. The first-order chi connectivity index (χ1) is 14.2. The van der Waals surface area contributed by atoms with Crippen LogP contribution < -0.4 is 4.74 Å². The van der Waals surface area contributed by atoms with Gasteiger partial charge < -0.3 is 18.3 Å². The molecule has 0 fully saturated rings. The van der Waals surface area contributed by atoms with E-state index in [4.69, 9.17) is 18.3 Å². The molecule has 0 radical (unpaired) electrons. The van der Waals surface area contributed by atoms with Crippen LogP contribution in [-0.4, -0.2) is 29.7 Å². The third-order valence-electron chi connectivity index (χ3n) is 4.25. The molecule has 0 N–H and O–H groups in total. The zero-order chi connectivity index (χ0) is 20.2. The van der Waals surface area contributed by atoms with Gasteiger partial charge in [0.05, 0.1) is 13.7 Å². The molecule has 2 aromatic heterocycles. The predicted molar refractivity (Wildman–Crippen MR) is 105 cm³/mol.